The summed E-state index contributed by atoms with van der Waals surface area (Å²) in [6.07, 6.45) is 0. The van der Waals surface area contributed by atoms with Crippen LogP contribution in [0.2, 0.25) is 0 Å². The molecular weight excluding hydrogens is 330 g/mol. The number of hydrogen-bond donors (Lipinski definition) is 3. The molecule has 2 rings (SSSR count). The van der Waals surface area contributed by atoms with E-state index in [2.05, 4.69) is 35.2 Å². The van der Waals surface area contributed by atoms with Crippen molar-refractivity contribution >= 4 is 69.2 Å². The van der Waals surface area contributed by atoms with Gasteiger partial charge in [-0.15, -0.1) is 24.0 Å². The highest BCUT2D eigenvalue weighted by Crippen LogP contribution is 2.29. The maximum Gasteiger partial charge on any atom is 0.489 e. The van der Waals surface area contributed by atoms with Crippen LogP contribution < -0.4 is 5.46 Å². The van der Waals surface area contributed by atoms with Gasteiger partial charge in [-0.05, 0) is 44.9 Å². The summed E-state index contributed by atoms with van der Waals surface area (Å²) in [4.78, 5) is 0.649. The van der Waals surface area contributed by atoms with Crippen molar-refractivity contribution in [3.05, 3.63) is 21.1 Å². The summed E-state index contributed by atoms with van der Waals surface area (Å²) in [5.74, 6) is 0. The number of benzene rings is 1. The van der Waals surface area contributed by atoms with E-state index < -0.39 is 7.12 Å². The molecular formula is C8H6BIO2S2. The first-order valence-electron chi connectivity index (χ1n) is 3.86. The van der Waals surface area contributed by atoms with E-state index in [9.17, 15) is 0 Å². The van der Waals surface area contributed by atoms with E-state index in [1.165, 1.54) is 0 Å². The van der Waals surface area contributed by atoms with Crippen LogP contribution in [0.1, 0.15) is 0 Å². The number of fused-ring (bicyclic) bond motifs is 1. The minimum Gasteiger partial charge on any atom is -0.423 e. The highest BCUT2D eigenvalue weighted by molar-refractivity contribution is 14.1. The Morgan fingerprint density at radius 2 is 2.14 bits per heavy atom. The van der Waals surface area contributed by atoms with Crippen LogP contribution in [-0.4, -0.2) is 17.2 Å². The molecule has 0 radical (unpaired) electrons. The van der Waals surface area contributed by atoms with E-state index in [1.807, 2.05) is 11.4 Å². The van der Waals surface area contributed by atoms with Crippen LogP contribution in [0, 0.1) is 3.57 Å². The summed E-state index contributed by atoms with van der Waals surface area (Å²) in [5.41, 5.74) is 0.462. The van der Waals surface area contributed by atoms with E-state index >= 15 is 0 Å². The molecule has 0 bridgehead atoms. The monoisotopic (exact) mass is 336 g/mol. The van der Waals surface area contributed by atoms with Crippen molar-refractivity contribution in [3.63, 3.8) is 0 Å². The average molecular weight is 336 g/mol. The molecule has 0 spiro atoms. The Bertz CT molecular complexity index is 483. The number of rotatable bonds is 1. The third-order valence-corrected chi connectivity index (χ3v) is 5.27. The molecule has 0 saturated carbocycles. The molecule has 1 aromatic carbocycles. The van der Waals surface area contributed by atoms with Crippen LogP contribution in [0.3, 0.4) is 0 Å². The standard InChI is InChI=1S/C8H6BIO2S2/c10-6-7(13)5(9(11)12)3-4-1-2-14-8(4)6/h1-3,11-13H. The van der Waals surface area contributed by atoms with Gasteiger partial charge in [0.05, 0.1) is 0 Å². The smallest absolute Gasteiger partial charge is 0.423 e. The fourth-order valence-electron chi connectivity index (χ4n) is 1.28. The molecule has 1 aromatic heterocycles. The van der Waals surface area contributed by atoms with Crippen molar-refractivity contribution < 1.29 is 10.0 Å². The molecule has 0 aliphatic heterocycles. The molecule has 0 unspecified atom stereocenters. The number of thiophene rings is 1. The zero-order valence-corrected chi connectivity index (χ0v) is 10.8. The van der Waals surface area contributed by atoms with Crippen LogP contribution in [0.25, 0.3) is 10.1 Å². The predicted molar refractivity (Wildman–Crippen MR) is 71.6 cm³/mol. The molecule has 0 amide bonds. The Balaban J connectivity index is 2.80. The summed E-state index contributed by atoms with van der Waals surface area (Å²) in [7, 11) is -1.46. The van der Waals surface area contributed by atoms with E-state index in [0.717, 1.165) is 13.7 Å². The van der Waals surface area contributed by atoms with Gasteiger partial charge >= 0.3 is 7.12 Å². The Hall–Kier alpha value is 0.245. The highest BCUT2D eigenvalue weighted by Gasteiger charge is 2.18. The Morgan fingerprint density at radius 3 is 2.79 bits per heavy atom. The normalized spacial score (nSPS) is 10.9. The second-order valence-electron chi connectivity index (χ2n) is 2.84. The first-order valence-corrected chi connectivity index (χ1v) is 6.26. The van der Waals surface area contributed by atoms with E-state index in [1.54, 1.807) is 17.4 Å². The van der Waals surface area contributed by atoms with Crippen LogP contribution >= 0.6 is 46.6 Å². The summed E-state index contributed by atoms with van der Waals surface area (Å²) >= 11 is 8.08. The summed E-state index contributed by atoms with van der Waals surface area (Å²) in [6, 6.07) is 3.72. The molecule has 1 heterocycles. The lowest BCUT2D eigenvalue weighted by atomic mass is 9.80. The lowest BCUT2D eigenvalue weighted by molar-refractivity contribution is 0.425. The van der Waals surface area contributed by atoms with Crippen molar-refractivity contribution in [1.82, 2.24) is 0 Å². The van der Waals surface area contributed by atoms with Crippen molar-refractivity contribution in [3.8, 4) is 0 Å². The molecule has 0 aliphatic carbocycles. The fraction of sp³-hybridized carbons (Fsp3) is 0. The van der Waals surface area contributed by atoms with E-state index in [-0.39, 0.29) is 0 Å². The lowest BCUT2D eigenvalue weighted by Crippen LogP contribution is -2.31. The second kappa shape index (κ2) is 4.01. The van der Waals surface area contributed by atoms with Gasteiger partial charge in [-0.2, -0.15) is 0 Å². The molecule has 2 nitrogen and oxygen atoms in total. The number of thiol groups is 1. The van der Waals surface area contributed by atoms with Crippen LogP contribution in [0.5, 0.6) is 0 Å². The average Bonchev–Trinajstić information content (AvgIpc) is 2.58. The number of halogens is 1. The lowest BCUT2D eigenvalue weighted by Gasteiger charge is -2.06. The zero-order valence-electron chi connectivity index (χ0n) is 6.94. The van der Waals surface area contributed by atoms with Gasteiger partial charge in [0.2, 0.25) is 0 Å². The third-order valence-electron chi connectivity index (χ3n) is 1.97. The first-order chi connectivity index (χ1) is 6.61. The SMILES string of the molecule is OB(O)c1cc2ccsc2c(I)c1S. The van der Waals surface area contributed by atoms with Gasteiger partial charge in [-0.3, -0.25) is 0 Å². The van der Waals surface area contributed by atoms with Crippen molar-refractivity contribution in [2.45, 2.75) is 4.90 Å². The van der Waals surface area contributed by atoms with Crippen LogP contribution in [0.4, 0.5) is 0 Å². The molecule has 6 heteroatoms. The Kier molecular flexibility index (Phi) is 3.08. The van der Waals surface area contributed by atoms with Crippen molar-refractivity contribution in [2.24, 2.45) is 0 Å². The first kappa shape index (κ1) is 10.8. The van der Waals surface area contributed by atoms with Gasteiger partial charge in [0.25, 0.3) is 0 Å². The van der Waals surface area contributed by atoms with E-state index in [0.29, 0.717) is 10.4 Å². The van der Waals surface area contributed by atoms with Gasteiger partial charge in [-0.25, -0.2) is 0 Å². The Labute approximate surface area is 105 Å². The summed E-state index contributed by atoms with van der Waals surface area (Å²) < 4.78 is 2.11. The second-order valence-corrected chi connectivity index (χ2v) is 5.28. The Morgan fingerprint density at radius 1 is 1.43 bits per heavy atom. The van der Waals surface area contributed by atoms with Crippen LogP contribution in [-0.2, 0) is 0 Å². The topological polar surface area (TPSA) is 40.5 Å². The number of hydrogen-bond acceptors (Lipinski definition) is 4. The molecule has 0 aliphatic rings. The van der Waals surface area contributed by atoms with E-state index in [4.69, 9.17) is 10.0 Å². The molecule has 2 N–H and O–H groups in total. The minimum absolute atomic E-state index is 0.462. The van der Waals surface area contributed by atoms with Gasteiger partial charge in [0.15, 0.2) is 0 Å². The minimum atomic E-state index is -1.46. The van der Waals surface area contributed by atoms with Crippen LogP contribution in [0.15, 0.2) is 22.4 Å². The molecule has 0 fully saturated rings. The largest absolute Gasteiger partial charge is 0.489 e. The van der Waals surface area contributed by atoms with Crippen molar-refractivity contribution in [2.75, 3.05) is 0 Å². The summed E-state index contributed by atoms with van der Waals surface area (Å²) in [6.45, 7) is 0. The third kappa shape index (κ3) is 1.69. The molecule has 72 valence electrons. The van der Waals surface area contributed by atoms with Gasteiger partial charge in [0.1, 0.15) is 0 Å². The highest BCUT2D eigenvalue weighted by atomic mass is 127. The summed E-state index contributed by atoms with van der Waals surface area (Å²) in [5, 5.41) is 21.3. The maximum absolute atomic E-state index is 9.13. The van der Waals surface area contributed by atoms with Gasteiger partial charge in [-0.1, -0.05) is 6.07 Å². The fourth-order valence-corrected chi connectivity index (χ4v) is 3.47. The van der Waals surface area contributed by atoms with Gasteiger partial charge in [0, 0.05) is 13.2 Å². The predicted octanol–water partition coefficient (Wildman–Crippen LogP) is 1.47. The molecule has 0 saturated heterocycles. The molecule has 2 aromatic rings. The molecule has 14 heavy (non-hydrogen) atoms. The quantitative estimate of drug-likeness (QED) is 0.419. The molecule has 0 atom stereocenters. The van der Waals surface area contributed by atoms with Gasteiger partial charge < -0.3 is 10.0 Å². The maximum atomic E-state index is 9.13. The zero-order chi connectivity index (χ0) is 10.3. The van der Waals surface area contributed by atoms with Crippen molar-refractivity contribution in [1.29, 1.82) is 0 Å².